The van der Waals surface area contributed by atoms with Crippen molar-refractivity contribution in [2.75, 3.05) is 7.05 Å². The third kappa shape index (κ3) is 5.69. The number of aromatic carboxylic acids is 1. The number of urea groups is 1. The van der Waals surface area contributed by atoms with Crippen LogP contribution in [-0.4, -0.2) is 35.1 Å². The molecule has 160 valence electrons. The van der Waals surface area contributed by atoms with Crippen LogP contribution in [0.1, 0.15) is 44.8 Å². The second-order valence-electron chi connectivity index (χ2n) is 6.32. The lowest BCUT2D eigenvalue weighted by Crippen LogP contribution is -2.48. The molecule has 0 aliphatic carbocycles. The number of carbonyl (C=O) groups is 3. The first-order valence-corrected chi connectivity index (χ1v) is 8.44. The molecule has 0 bridgehead atoms. The predicted octanol–water partition coefficient (Wildman–Crippen LogP) is 3.59. The standard InChI is InChI=1S/C19H17F4N3O4/c1-10(11-3-5-12(6-4-11)17(28)29)24-18(30)26(2)25-16(27)13-7-14(19(21,22)23)9-15(20)8-13/h3-10H,1-2H3,(H,24,30)(H,25,27)(H,28,29)/t10-/m1/s1. The predicted molar refractivity (Wildman–Crippen MR) is 97.0 cm³/mol. The lowest BCUT2D eigenvalue weighted by Gasteiger charge is -2.22. The number of alkyl halides is 3. The van der Waals surface area contributed by atoms with Gasteiger partial charge in [0.1, 0.15) is 5.82 Å². The van der Waals surface area contributed by atoms with Crippen LogP contribution in [0.3, 0.4) is 0 Å². The van der Waals surface area contributed by atoms with Gasteiger partial charge in [-0.2, -0.15) is 13.2 Å². The molecule has 7 nitrogen and oxygen atoms in total. The fourth-order valence-electron chi connectivity index (χ4n) is 2.43. The van der Waals surface area contributed by atoms with Crippen molar-refractivity contribution in [3.05, 3.63) is 70.5 Å². The van der Waals surface area contributed by atoms with Crippen LogP contribution in [0, 0.1) is 5.82 Å². The number of carbonyl (C=O) groups excluding carboxylic acids is 2. The Labute approximate surface area is 168 Å². The third-order valence-corrected chi connectivity index (χ3v) is 4.06. The summed E-state index contributed by atoms with van der Waals surface area (Å²) in [6.07, 6.45) is -4.84. The van der Waals surface area contributed by atoms with Crippen LogP contribution in [0.2, 0.25) is 0 Å². The van der Waals surface area contributed by atoms with E-state index in [4.69, 9.17) is 5.11 Å². The van der Waals surface area contributed by atoms with E-state index in [2.05, 4.69) is 10.7 Å². The van der Waals surface area contributed by atoms with Gasteiger partial charge in [0.05, 0.1) is 17.2 Å². The first-order valence-electron chi connectivity index (χ1n) is 8.44. The van der Waals surface area contributed by atoms with Gasteiger partial charge in [-0.05, 0) is 42.8 Å². The number of nitrogens with zero attached hydrogens (tertiary/aromatic N) is 1. The minimum absolute atomic E-state index is 0.0648. The Bertz CT molecular complexity index is 961. The van der Waals surface area contributed by atoms with Gasteiger partial charge >= 0.3 is 18.2 Å². The van der Waals surface area contributed by atoms with Crippen molar-refractivity contribution in [3.63, 3.8) is 0 Å². The Hall–Kier alpha value is -3.63. The largest absolute Gasteiger partial charge is 0.478 e. The van der Waals surface area contributed by atoms with E-state index in [1.54, 1.807) is 6.92 Å². The lowest BCUT2D eigenvalue weighted by molar-refractivity contribution is -0.137. The zero-order valence-electron chi connectivity index (χ0n) is 15.7. The number of benzene rings is 2. The van der Waals surface area contributed by atoms with Crippen molar-refractivity contribution in [2.24, 2.45) is 0 Å². The highest BCUT2D eigenvalue weighted by Crippen LogP contribution is 2.30. The van der Waals surface area contributed by atoms with Crippen LogP contribution in [0.25, 0.3) is 0 Å². The highest BCUT2D eigenvalue weighted by atomic mass is 19.4. The summed E-state index contributed by atoms with van der Waals surface area (Å²) in [6, 6.07) is 5.67. The van der Waals surface area contributed by atoms with E-state index in [0.29, 0.717) is 22.7 Å². The topological polar surface area (TPSA) is 98.7 Å². The number of hydrazine groups is 1. The number of carboxylic acid groups (broad SMARTS) is 1. The molecule has 3 N–H and O–H groups in total. The fourth-order valence-corrected chi connectivity index (χ4v) is 2.43. The molecule has 0 unspecified atom stereocenters. The Kier molecular flexibility index (Phi) is 6.65. The average Bonchev–Trinajstić information content (AvgIpc) is 2.66. The van der Waals surface area contributed by atoms with Crippen molar-refractivity contribution >= 4 is 17.9 Å². The highest BCUT2D eigenvalue weighted by Gasteiger charge is 2.32. The van der Waals surface area contributed by atoms with Crippen LogP contribution in [-0.2, 0) is 6.18 Å². The number of halogens is 4. The van der Waals surface area contributed by atoms with E-state index >= 15 is 0 Å². The number of carboxylic acids is 1. The molecule has 2 aromatic carbocycles. The van der Waals surface area contributed by atoms with E-state index in [-0.39, 0.29) is 11.6 Å². The smallest absolute Gasteiger partial charge is 0.416 e. The first-order chi connectivity index (χ1) is 13.9. The third-order valence-electron chi connectivity index (χ3n) is 4.06. The quantitative estimate of drug-likeness (QED) is 0.513. The normalized spacial score (nSPS) is 12.1. The minimum atomic E-state index is -4.84. The molecule has 0 fully saturated rings. The number of nitrogens with one attached hydrogen (secondary N) is 2. The van der Waals surface area contributed by atoms with E-state index < -0.39 is 47.1 Å². The number of hydrogen-bond acceptors (Lipinski definition) is 3. The molecular formula is C19H17F4N3O4. The molecule has 1 atom stereocenters. The van der Waals surface area contributed by atoms with Crippen molar-refractivity contribution in [1.82, 2.24) is 15.8 Å². The summed E-state index contributed by atoms with van der Waals surface area (Å²) in [5.41, 5.74) is 0.748. The molecule has 0 aromatic heterocycles. The highest BCUT2D eigenvalue weighted by molar-refractivity contribution is 5.95. The molecule has 30 heavy (non-hydrogen) atoms. The average molecular weight is 427 g/mol. The lowest BCUT2D eigenvalue weighted by atomic mass is 10.1. The summed E-state index contributed by atoms with van der Waals surface area (Å²) in [6.45, 7) is 1.60. The first kappa shape index (κ1) is 22.7. The molecule has 2 aromatic rings. The van der Waals surface area contributed by atoms with E-state index in [9.17, 15) is 31.9 Å². The summed E-state index contributed by atoms with van der Waals surface area (Å²) in [7, 11) is 1.15. The minimum Gasteiger partial charge on any atom is -0.478 e. The molecule has 0 heterocycles. The van der Waals surface area contributed by atoms with Gasteiger partial charge in [0.2, 0.25) is 0 Å². The number of amides is 3. The molecule has 0 aliphatic heterocycles. The van der Waals surface area contributed by atoms with E-state index in [0.717, 1.165) is 7.05 Å². The molecule has 11 heteroatoms. The number of hydrogen-bond donors (Lipinski definition) is 3. The Morgan fingerprint density at radius 3 is 2.17 bits per heavy atom. The SMILES string of the molecule is C[C@@H](NC(=O)N(C)NC(=O)c1cc(F)cc(C(F)(F)F)c1)c1ccc(C(=O)O)cc1. The second-order valence-corrected chi connectivity index (χ2v) is 6.32. The van der Waals surface area contributed by atoms with Gasteiger partial charge in [-0.25, -0.2) is 19.0 Å². The summed E-state index contributed by atoms with van der Waals surface area (Å²) in [4.78, 5) is 35.2. The molecular weight excluding hydrogens is 410 g/mol. The zero-order chi connectivity index (χ0) is 22.6. The summed E-state index contributed by atoms with van der Waals surface area (Å²) in [5.74, 6) is -3.47. The maximum atomic E-state index is 13.4. The van der Waals surface area contributed by atoms with Gasteiger partial charge in [0.15, 0.2) is 0 Å². The Morgan fingerprint density at radius 1 is 1.03 bits per heavy atom. The van der Waals surface area contributed by atoms with Crippen LogP contribution >= 0.6 is 0 Å². The monoisotopic (exact) mass is 427 g/mol. The molecule has 0 saturated carbocycles. The van der Waals surface area contributed by atoms with E-state index in [1.165, 1.54) is 24.3 Å². The van der Waals surface area contributed by atoms with Crippen molar-refractivity contribution < 1.29 is 37.1 Å². The van der Waals surface area contributed by atoms with Crippen molar-refractivity contribution in [3.8, 4) is 0 Å². The molecule has 0 aliphatic rings. The second kappa shape index (κ2) is 8.80. The van der Waals surface area contributed by atoms with Crippen LogP contribution in [0.5, 0.6) is 0 Å². The van der Waals surface area contributed by atoms with Gasteiger partial charge in [0, 0.05) is 12.6 Å². The summed E-state index contributed by atoms with van der Waals surface area (Å²) >= 11 is 0. The van der Waals surface area contributed by atoms with Crippen molar-refractivity contribution in [1.29, 1.82) is 0 Å². The molecule has 0 spiro atoms. The Morgan fingerprint density at radius 2 is 1.63 bits per heavy atom. The van der Waals surface area contributed by atoms with Gasteiger partial charge < -0.3 is 10.4 Å². The van der Waals surface area contributed by atoms with Crippen LogP contribution < -0.4 is 10.7 Å². The fraction of sp³-hybridized carbons (Fsp3) is 0.211. The zero-order valence-corrected chi connectivity index (χ0v) is 15.7. The van der Waals surface area contributed by atoms with E-state index in [1.807, 2.05) is 0 Å². The van der Waals surface area contributed by atoms with Gasteiger partial charge in [0.25, 0.3) is 5.91 Å². The Balaban J connectivity index is 2.04. The summed E-state index contributed by atoms with van der Waals surface area (Å²) < 4.78 is 51.8. The van der Waals surface area contributed by atoms with Crippen LogP contribution in [0.15, 0.2) is 42.5 Å². The molecule has 0 radical (unpaired) electrons. The molecule has 2 rings (SSSR count). The maximum absolute atomic E-state index is 13.4. The maximum Gasteiger partial charge on any atom is 0.416 e. The molecule has 0 saturated heterocycles. The van der Waals surface area contributed by atoms with Gasteiger partial charge in [-0.3, -0.25) is 10.2 Å². The summed E-state index contributed by atoms with van der Waals surface area (Å²) in [5, 5.41) is 12.1. The van der Waals surface area contributed by atoms with Gasteiger partial charge in [-0.1, -0.05) is 12.1 Å². The molecule has 3 amide bonds. The van der Waals surface area contributed by atoms with Gasteiger partial charge in [-0.15, -0.1) is 0 Å². The van der Waals surface area contributed by atoms with Crippen molar-refractivity contribution in [2.45, 2.75) is 19.1 Å². The van der Waals surface area contributed by atoms with Crippen LogP contribution in [0.4, 0.5) is 22.4 Å². The number of rotatable bonds is 4.